The number of fused-ring (bicyclic) bond motifs is 1. The average Bonchev–Trinajstić information content (AvgIpc) is 2.73. The number of thiophene rings is 1. The molecule has 0 aliphatic carbocycles. The van der Waals surface area contributed by atoms with E-state index in [1.54, 1.807) is 6.07 Å². The van der Waals surface area contributed by atoms with Gasteiger partial charge in [0.05, 0.1) is 11.1 Å². The van der Waals surface area contributed by atoms with Crippen LogP contribution in [0.1, 0.15) is 15.2 Å². The Bertz CT molecular complexity index is 713. The van der Waals surface area contributed by atoms with Gasteiger partial charge in [-0.15, -0.1) is 11.3 Å². The van der Waals surface area contributed by atoms with E-state index in [0.29, 0.717) is 23.2 Å². The number of ether oxygens (including phenoxy) is 1. The maximum atomic E-state index is 12.4. The predicted octanol–water partition coefficient (Wildman–Crippen LogP) is 2.02. The molecule has 0 bridgehead atoms. The van der Waals surface area contributed by atoms with Gasteiger partial charge in [0.2, 0.25) is 0 Å². The number of anilines is 1. The summed E-state index contributed by atoms with van der Waals surface area (Å²) in [5.41, 5.74) is 17.2. The standard InChI is InChI=1S/C13H14F3N3O2S/c14-13(15,16)5-21-7-3-6(1-2-17)4-8-9(7)10(18)11(22-8)12(19)20/h3-4H,1-2,5,17-18H2,(H2,19,20). The van der Waals surface area contributed by atoms with Crippen LogP contribution in [-0.2, 0) is 6.42 Å². The second kappa shape index (κ2) is 6.01. The number of carbonyl (C=O) groups excluding carboxylic acids is 1. The van der Waals surface area contributed by atoms with Crippen molar-refractivity contribution < 1.29 is 22.7 Å². The topological polar surface area (TPSA) is 104 Å². The molecule has 1 aromatic heterocycles. The molecule has 0 saturated carbocycles. The second-order valence-electron chi connectivity index (χ2n) is 4.62. The highest BCUT2D eigenvalue weighted by Crippen LogP contribution is 2.41. The molecule has 2 rings (SSSR count). The number of benzene rings is 1. The highest BCUT2D eigenvalue weighted by Gasteiger charge is 2.29. The second-order valence-corrected chi connectivity index (χ2v) is 5.67. The van der Waals surface area contributed by atoms with E-state index in [9.17, 15) is 18.0 Å². The minimum Gasteiger partial charge on any atom is -0.483 e. The number of nitrogens with two attached hydrogens (primary N) is 3. The molecule has 22 heavy (non-hydrogen) atoms. The van der Waals surface area contributed by atoms with E-state index in [1.165, 1.54) is 6.07 Å². The lowest BCUT2D eigenvalue weighted by molar-refractivity contribution is -0.153. The van der Waals surface area contributed by atoms with Crippen LogP contribution in [0, 0.1) is 0 Å². The lowest BCUT2D eigenvalue weighted by Crippen LogP contribution is -2.19. The normalized spacial score (nSPS) is 11.8. The van der Waals surface area contributed by atoms with Crippen molar-refractivity contribution in [2.45, 2.75) is 12.6 Å². The summed E-state index contributed by atoms with van der Waals surface area (Å²) < 4.78 is 42.5. The van der Waals surface area contributed by atoms with E-state index in [0.717, 1.165) is 11.3 Å². The molecule has 0 saturated heterocycles. The Kier molecular flexibility index (Phi) is 4.47. The molecule has 2 aromatic rings. The molecular weight excluding hydrogens is 319 g/mol. The van der Waals surface area contributed by atoms with Crippen molar-refractivity contribution in [1.29, 1.82) is 0 Å². The van der Waals surface area contributed by atoms with Crippen molar-refractivity contribution in [2.75, 3.05) is 18.9 Å². The SMILES string of the molecule is NCCc1cc(OCC(F)(F)F)c2c(N)c(C(N)=O)sc2c1. The molecule has 1 heterocycles. The summed E-state index contributed by atoms with van der Waals surface area (Å²) in [7, 11) is 0. The van der Waals surface area contributed by atoms with Crippen LogP contribution >= 0.6 is 11.3 Å². The first-order valence-electron chi connectivity index (χ1n) is 6.27. The zero-order valence-corrected chi connectivity index (χ0v) is 12.2. The third-order valence-corrected chi connectivity index (χ3v) is 4.07. The fourth-order valence-electron chi connectivity index (χ4n) is 2.04. The van der Waals surface area contributed by atoms with Crippen LogP contribution in [0.4, 0.5) is 18.9 Å². The van der Waals surface area contributed by atoms with Crippen molar-refractivity contribution >= 4 is 33.0 Å². The largest absolute Gasteiger partial charge is 0.483 e. The van der Waals surface area contributed by atoms with Crippen LogP contribution in [0.2, 0.25) is 0 Å². The van der Waals surface area contributed by atoms with Crippen LogP contribution in [-0.4, -0.2) is 25.2 Å². The van der Waals surface area contributed by atoms with Crippen molar-refractivity contribution in [3.05, 3.63) is 22.6 Å². The summed E-state index contributed by atoms with van der Waals surface area (Å²) >= 11 is 1.02. The summed E-state index contributed by atoms with van der Waals surface area (Å²) in [6.45, 7) is -1.12. The van der Waals surface area contributed by atoms with E-state index in [1.807, 2.05) is 0 Å². The van der Waals surface area contributed by atoms with Crippen molar-refractivity contribution in [1.82, 2.24) is 0 Å². The summed E-state index contributed by atoms with van der Waals surface area (Å²) in [4.78, 5) is 11.4. The van der Waals surface area contributed by atoms with E-state index < -0.39 is 18.7 Å². The Hall–Kier alpha value is -2.00. The minimum absolute atomic E-state index is 0.0282. The van der Waals surface area contributed by atoms with Gasteiger partial charge in [0.15, 0.2) is 6.61 Å². The Morgan fingerprint density at radius 1 is 1.32 bits per heavy atom. The van der Waals surface area contributed by atoms with Gasteiger partial charge in [-0.3, -0.25) is 4.79 Å². The molecule has 120 valence electrons. The fraction of sp³-hybridized carbons (Fsp3) is 0.308. The number of rotatable bonds is 5. The van der Waals surface area contributed by atoms with Crippen LogP contribution in [0.5, 0.6) is 5.75 Å². The molecule has 0 atom stereocenters. The number of nitrogen functional groups attached to an aromatic ring is 1. The molecule has 1 amide bonds. The molecular formula is C13H14F3N3O2S. The highest BCUT2D eigenvalue weighted by atomic mass is 32.1. The Morgan fingerprint density at radius 2 is 2.00 bits per heavy atom. The van der Waals surface area contributed by atoms with Gasteiger partial charge in [-0.2, -0.15) is 13.2 Å². The monoisotopic (exact) mass is 333 g/mol. The van der Waals surface area contributed by atoms with Crippen LogP contribution in [0.15, 0.2) is 12.1 Å². The smallest absolute Gasteiger partial charge is 0.422 e. The van der Waals surface area contributed by atoms with Gasteiger partial charge in [0, 0.05) is 4.70 Å². The molecule has 0 aliphatic heterocycles. The van der Waals surface area contributed by atoms with E-state index in [4.69, 9.17) is 21.9 Å². The van der Waals surface area contributed by atoms with Gasteiger partial charge in [0.1, 0.15) is 10.6 Å². The van der Waals surface area contributed by atoms with Gasteiger partial charge in [-0.25, -0.2) is 0 Å². The van der Waals surface area contributed by atoms with Gasteiger partial charge in [0.25, 0.3) is 5.91 Å². The zero-order chi connectivity index (χ0) is 16.5. The molecule has 5 nitrogen and oxygen atoms in total. The van der Waals surface area contributed by atoms with Crippen molar-refractivity contribution in [2.24, 2.45) is 11.5 Å². The maximum absolute atomic E-state index is 12.4. The number of alkyl halides is 3. The molecule has 0 fully saturated rings. The molecule has 1 aromatic carbocycles. The minimum atomic E-state index is -4.48. The van der Waals surface area contributed by atoms with Gasteiger partial charge in [-0.1, -0.05) is 0 Å². The summed E-state index contributed by atoms with van der Waals surface area (Å²) in [6.07, 6.45) is -4.02. The fourth-order valence-corrected chi connectivity index (χ4v) is 3.09. The summed E-state index contributed by atoms with van der Waals surface area (Å²) in [5, 5.41) is 0.267. The third kappa shape index (κ3) is 3.42. The third-order valence-electron chi connectivity index (χ3n) is 2.90. The highest BCUT2D eigenvalue weighted by molar-refractivity contribution is 7.21. The molecule has 0 radical (unpaired) electrons. The predicted molar refractivity (Wildman–Crippen MR) is 79.1 cm³/mol. The van der Waals surface area contributed by atoms with Crippen LogP contribution in [0.25, 0.3) is 10.1 Å². The summed E-state index contributed by atoms with van der Waals surface area (Å²) in [6, 6.07) is 3.17. The number of hydrogen-bond acceptors (Lipinski definition) is 5. The molecule has 9 heteroatoms. The van der Waals surface area contributed by atoms with Crippen LogP contribution < -0.4 is 21.9 Å². The molecule has 0 unspecified atom stereocenters. The first-order chi connectivity index (χ1) is 10.2. The Labute approximate surface area is 127 Å². The lowest BCUT2D eigenvalue weighted by Gasteiger charge is -2.12. The maximum Gasteiger partial charge on any atom is 0.422 e. The van der Waals surface area contributed by atoms with Crippen LogP contribution in [0.3, 0.4) is 0 Å². The quantitative estimate of drug-likeness (QED) is 0.778. The Morgan fingerprint density at radius 3 is 2.55 bits per heavy atom. The van der Waals surface area contributed by atoms with Gasteiger partial charge in [-0.05, 0) is 30.7 Å². The number of primary amides is 1. The zero-order valence-electron chi connectivity index (χ0n) is 11.4. The molecule has 6 N–H and O–H groups in total. The van der Waals surface area contributed by atoms with Gasteiger partial charge < -0.3 is 21.9 Å². The van der Waals surface area contributed by atoms with E-state index in [-0.39, 0.29) is 21.7 Å². The van der Waals surface area contributed by atoms with E-state index >= 15 is 0 Å². The van der Waals surface area contributed by atoms with Gasteiger partial charge >= 0.3 is 6.18 Å². The number of amides is 1. The molecule has 0 spiro atoms. The first kappa shape index (κ1) is 16.4. The van der Waals surface area contributed by atoms with E-state index in [2.05, 4.69) is 0 Å². The molecule has 0 aliphatic rings. The summed E-state index contributed by atoms with van der Waals surface area (Å²) in [5.74, 6) is -0.764. The number of hydrogen-bond donors (Lipinski definition) is 3. The number of carbonyl (C=O) groups is 1. The first-order valence-corrected chi connectivity index (χ1v) is 7.09. The Balaban J connectivity index is 2.56. The number of halogens is 3. The van der Waals surface area contributed by atoms with Crippen molar-refractivity contribution in [3.8, 4) is 5.75 Å². The van der Waals surface area contributed by atoms with Crippen molar-refractivity contribution in [3.63, 3.8) is 0 Å². The average molecular weight is 333 g/mol. The lowest BCUT2D eigenvalue weighted by atomic mass is 10.1.